The molecule has 3 aromatic rings. The average molecular weight is 501 g/mol. The van der Waals surface area contributed by atoms with Crippen LogP contribution in [0.3, 0.4) is 0 Å². The molecule has 194 valence electrons. The topological polar surface area (TPSA) is 95.2 Å². The summed E-state index contributed by atoms with van der Waals surface area (Å²) in [6.45, 7) is 12.9. The molecule has 0 radical (unpaired) electrons. The maximum Gasteiger partial charge on any atom is 0.284 e. The molecule has 7 heteroatoms. The highest BCUT2D eigenvalue weighted by molar-refractivity contribution is 6.24. The lowest BCUT2D eigenvalue weighted by atomic mass is 9.88. The summed E-state index contributed by atoms with van der Waals surface area (Å²) in [6.07, 6.45) is 3.67. The third kappa shape index (κ3) is 5.22. The molecule has 7 nitrogen and oxygen atoms in total. The van der Waals surface area contributed by atoms with E-state index in [1.54, 1.807) is 4.90 Å². The number of benzene rings is 2. The van der Waals surface area contributed by atoms with Crippen molar-refractivity contribution in [2.75, 3.05) is 6.54 Å². The second-order valence-corrected chi connectivity index (χ2v) is 10.5. The van der Waals surface area contributed by atoms with Gasteiger partial charge in [-0.15, -0.1) is 0 Å². The van der Waals surface area contributed by atoms with E-state index in [4.69, 9.17) is 0 Å². The molecule has 2 N–H and O–H groups in total. The second kappa shape index (κ2) is 10.7. The van der Waals surface area contributed by atoms with Crippen LogP contribution < -0.4 is 5.32 Å². The first-order valence-corrected chi connectivity index (χ1v) is 12.9. The van der Waals surface area contributed by atoms with Crippen LogP contribution in [0.15, 0.2) is 36.5 Å². The monoisotopic (exact) mass is 500 g/mol. The number of nitrogens with zero attached hydrogens (tertiary/aromatic N) is 2. The van der Waals surface area contributed by atoms with Gasteiger partial charge in [-0.05, 0) is 92.0 Å². The zero-order chi connectivity index (χ0) is 26.9. The van der Waals surface area contributed by atoms with Gasteiger partial charge in [-0.2, -0.15) is 0 Å². The van der Waals surface area contributed by atoms with Crippen LogP contribution in [0.5, 0.6) is 0 Å². The van der Waals surface area contributed by atoms with Gasteiger partial charge >= 0.3 is 0 Å². The smallest absolute Gasteiger partial charge is 0.284 e. The molecular weight excluding hydrogens is 464 g/mol. The number of nitrogens with one attached hydrogen (secondary N) is 2. The van der Waals surface area contributed by atoms with E-state index in [1.165, 1.54) is 33.4 Å². The Morgan fingerprint density at radius 1 is 1.05 bits per heavy atom. The van der Waals surface area contributed by atoms with Crippen LogP contribution in [0.25, 0.3) is 22.4 Å². The molecule has 1 aliphatic rings. The van der Waals surface area contributed by atoms with Crippen molar-refractivity contribution < 1.29 is 14.4 Å². The highest BCUT2D eigenvalue weighted by Gasteiger charge is 2.37. The largest absolute Gasteiger partial charge is 0.340 e. The van der Waals surface area contributed by atoms with E-state index in [0.717, 1.165) is 29.9 Å². The molecule has 1 aliphatic heterocycles. The van der Waals surface area contributed by atoms with Gasteiger partial charge in [0.05, 0.1) is 17.9 Å². The second-order valence-electron chi connectivity index (χ2n) is 10.5. The Morgan fingerprint density at radius 3 is 2.27 bits per heavy atom. The van der Waals surface area contributed by atoms with Crippen molar-refractivity contribution in [2.45, 2.75) is 66.5 Å². The van der Waals surface area contributed by atoms with E-state index in [0.29, 0.717) is 6.54 Å². The summed E-state index contributed by atoms with van der Waals surface area (Å²) in [4.78, 5) is 45.8. The highest BCUT2D eigenvalue weighted by atomic mass is 16.2. The number of amides is 2. The number of aryl methyl sites for hydroxylation is 4. The SMILES string of the molecule is Cc1cccc(C)c1-c1c(C)cc(-c2cnc([C@@H]3CCCN3C(=O)[C@@H](NC(=O)C=O)C(C)C)[nH]2)cc1C. The van der Waals surface area contributed by atoms with E-state index in [-0.39, 0.29) is 24.2 Å². The lowest BCUT2D eigenvalue weighted by Crippen LogP contribution is -2.51. The Bertz CT molecular complexity index is 1300. The van der Waals surface area contributed by atoms with Gasteiger partial charge in [0, 0.05) is 12.1 Å². The Morgan fingerprint density at radius 2 is 1.68 bits per heavy atom. The molecule has 1 saturated heterocycles. The molecule has 37 heavy (non-hydrogen) atoms. The minimum Gasteiger partial charge on any atom is -0.340 e. The number of carbonyl (C=O) groups is 3. The van der Waals surface area contributed by atoms with Gasteiger partial charge < -0.3 is 15.2 Å². The van der Waals surface area contributed by atoms with E-state index in [1.807, 2.05) is 20.0 Å². The number of aromatic amines is 1. The lowest BCUT2D eigenvalue weighted by molar-refractivity contribution is -0.140. The minimum absolute atomic E-state index is 0.147. The molecule has 2 aromatic carbocycles. The first kappa shape index (κ1) is 26.3. The van der Waals surface area contributed by atoms with Crippen LogP contribution in [0.1, 0.15) is 60.8 Å². The van der Waals surface area contributed by atoms with Crippen LogP contribution in [-0.2, 0) is 14.4 Å². The van der Waals surface area contributed by atoms with Crippen molar-refractivity contribution in [3.05, 3.63) is 64.6 Å². The van der Waals surface area contributed by atoms with E-state index >= 15 is 0 Å². The summed E-state index contributed by atoms with van der Waals surface area (Å²) in [5.74, 6) is -0.376. The standard InChI is InChI=1S/C30H36N4O3/c1-17(2)28(33-25(36)16-35)30(37)34-12-8-11-24(34)29-31-15-23(32-29)22-13-20(5)27(21(6)14-22)26-18(3)9-7-10-19(26)4/h7,9-10,13-17,24,28H,8,11-12H2,1-6H3,(H,31,32)(H,33,36)/t24-,28-/m0/s1. The van der Waals surface area contributed by atoms with E-state index < -0.39 is 11.9 Å². The van der Waals surface area contributed by atoms with Gasteiger partial charge in [-0.1, -0.05) is 32.0 Å². The number of H-pyrrole nitrogens is 1. The summed E-state index contributed by atoms with van der Waals surface area (Å²) in [7, 11) is 0. The number of aldehydes is 1. The summed E-state index contributed by atoms with van der Waals surface area (Å²) < 4.78 is 0. The fourth-order valence-corrected chi connectivity index (χ4v) is 5.57. The van der Waals surface area contributed by atoms with Crippen LogP contribution in [0.2, 0.25) is 0 Å². The Balaban J connectivity index is 1.62. The van der Waals surface area contributed by atoms with Gasteiger partial charge in [-0.3, -0.25) is 14.4 Å². The van der Waals surface area contributed by atoms with E-state index in [2.05, 4.69) is 73.3 Å². The fraction of sp³-hybridized carbons (Fsp3) is 0.400. The fourth-order valence-electron chi connectivity index (χ4n) is 5.57. The maximum atomic E-state index is 13.4. The van der Waals surface area contributed by atoms with Crippen molar-refractivity contribution in [3.8, 4) is 22.4 Å². The normalized spacial score (nSPS) is 16.2. The molecule has 0 saturated carbocycles. The third-order valence-electron chi connectivity index (χ3n) is 7.36. The Hall–Kier alpha value is -3.74. The number of carbonyl (C=O) groups excluding carboxylic acids is 3. The van der Waals surface area contributed by atoms with Crippen LogP contribution >= 0.6 is 0 Å². The number of rotatable bonds is 7. The van der Waals surface area contributed by atoms with Crippen LogP contribution in [0, 0.1) is 33.6 Å². The minimum atomic E-state index is -0.779. The molecule has 0 spiro atoms. The zero-order valence-electron chi connectivity index (χ0n) is 22.5. The Labute approximate surface area is 218 Å². The Kier molecular flexibility index (Phi) is 7.62. The van der Waals surface area contributed by atoms with Crippen molar-refractivity contribution in [3.63, 3.8) is 0 Å². The summed E-state index contributed by atoms with van der Waals surface area (Å²) in [5, 5.41) is 2.56. The molecule has 1 fully saturated rings. The summed E-state index contributed by atoms with van der Waals surface area (Å²) in [6, 6.07) is 9.82. The van der Waals surface area contributed by atoms with Crippen molar-refractivity contribution in [2.24, 2.45) is 5.92 Å². The van der Waals surface area contributed by atoms with Gasteiger partial charge in [-0.25, -0.2) is 4.98 Å². The summed E-state index contributed by atoms with van der Waals surface area (Å²) >= 11 is 0. The molecule has 0 aliphatic carbocycles. The quantitative estimate of drug-likeness (QED) is 0.353. The first-order chi connectivity index (χ1) is 17.6. The first-order valence-electron chi connectivity index (χ1n) is 12.9. The van der Waals surface area contributed by atoms with Crippen LogP contribution in [0.4, 0.5) is 0 Å². The number of likely N-dealkylation sites (tertiary alicyclic amines) is 1. The number of aromatic nitrogens is 2. The maximum absolute atomic E-state index is 13.4. The average Bonchev–Trinajstić information content (AvgIpc) is 3.53. The van der Waals surface area contributed by atoms with Crippen molar-refractivity contribution >= 4 is 18.1 Å². The zero-order valence-corrected chi connectivity index (χ0v) is 22.5. The predicted octanol–water partition coefficient (Wildman–Crippen LogP) is 4.98. The molecule has 2 atom stereocenters. The third-order valence-corrected chi connectivity index (χ3v) is 7.36. The molecule has 0 unspecified atom stereocenters. The van der Waals surface area contributed by atoms with Crippen LogP contribution in [-0.4, -0.2) is 45.6 Å². The molecular formula is C30H36N4O3. The molecule has 4 rings (SSSR count). The molecule has 1 aromatic heterocycles. The molecule has 0 bridgehead atoms. The van der Waals surface area contributed by atoms with Gasteiger partial charge in [0.25, 0.3) is 5.91 Å². The van der Waals surface area contributed by atoms with Crippen molar-refractivity contribution in [1.29, 1.82) is 0 Å². The summed E-state index contributed by atoms with van der Waals surface area (Å²) in [5.41, 5.74) is 9.44. The molecule has 2 amide bonds. The van der Waals surface area contributed by atoms with Crippen molar-refractivity contribution in [1.82, 2.24) is 20.2 Å². The highest BCUT2D eigenvalue weighted by Crippen LogP contribution is 2.37. The van der Waals surface area contributed by atoms with E-state index in [9.17, 15) is 14.4 Å². The lowest BCUT2D eigenvalue weighted by Gasteiger charge is -2.29. The van der Waals surface area contributed by atoms with Gasteiger partial charge in [0.1, 0.15) is 11.9 Å². The number of imidazole rings is 1. The van der Waals surface area contributed by atoms with Gasteiger partial charge in [0.2, 0.25) is 12.2 Å². The predicted molar refractivity (Wildman–Crippen MR) is 145 cm³/mol. The number of hydrogen-bond acceptors (Lipinski definition) is 4. The molecule has 2 heterocycles. The van der Waals surface area contributed by atoms with Gasteiger partial charge in [0.15, 0.2) is 0 Å². The number of hydrogen-bond donors (Lipinski definition) is 2.